The molecule has 1 aliphatic heterocycles. The molecule has 154 valence electrons. The molecule has 0 bridgehead atoms. The Morgan fingerprint density at radius 3 is 2.31 bits per heavy atom. The predicted octanol–water partition coefficient (Wildman–Crippen LogP) is 2.48. The molecule has 1 fully saturated rings. The summed E-state index contributed by atoms with van der Waals surface area (Å²) in [5.74, 6) is 0.522. The van der Waals surface area contributed by atoms with Crippen LogP contribution in [0.5, 0.6) is 5.75 Å². The number of nitrogens with zero attached hydrogens (tertiary/aromatic N) is 2. The second-order valence-electron chi connectivity index (χ2n) is 7.52. The molecule has 0 saturated carbocycles. The van der Waals surface area contributed by atoms with Crippen LogP contribution >= 0.6 is 0 Å². The Balaban J connectivity index is 1.35. The van der Waals surface area contributed by atoms with Gasteiger partial charge >= 0.3 is 0 Å². The van der Waals surface area contributed by atoms with Gasteiger partial charge in [0.25, 0.3) is 5.91 Å². The van der Waals surface area contributed by atoms with Gasteiger partial charge in [0.2, 0.25) is 10.0 Å². The Labute approximate surface area is 172 Å². The van der Waals surface area contributed by atoms with Gasteiger partial charge in [0, 0.05) is 26.2 Å². The van der Waals surface area contributed by atoms with E-state index in [1.54, 1.807) is 23.1 Å². The highest BCUT2D eigenvalue weighted by molar-refractivity contribution is 7.89. The maximum absolute atomic E-state index is 13.1. The average Bonchev–Trinajstić information content (AvgIpc) is 2.78. The second kappa shape index (κ2) is 8.55. The molecule has 0 N–H and O–H groups in total. The molecule has 0 atom stereocenters. The highest BCUT2D eigenvalue weighted by Gasteiger charge is 2.30. The minimum absolute atomic E-state index is 0.0401. The molecular formula is C22H26N2O4S. The number of fused-ring (bicyclic) bond motifs is 1. The van der Waals surface area contributed by atoms with Gasteiger partial charge in [-0.3, -0.25) is 4.79 Å². The quantitative estimate of drug-likeness (QED) is 0.754. The van der Waals surface area contributed by atoms with Gasteiger partial charge in [-0.1, -0.05) is 24.3 Å². The first kappa shape index (κ1) is 19.9. The largest absolute Gasteiger partial charge is 0.484 e. The van der Waals surface area contributed by atoms with Gasteiger partial charge in [0.1, 0.15) is 5.75 Å². The highest BCUT2D eigenvalue weighted by Crippen LogP contribution is 2.26. The zero-order valence-corrected chi connectivity index (χ0v) is 17.2. The monoisotopic (exact) mass is 414 g/mol. The van der Waals surface area contributed by atoms with Crippen LogP contribution in [-0.2, 0) is 27.7 Å². The molecule has 0 spiro atoms. The molecule has 0 radical (unpaired) electrons. The van der Waals surface area contributed by atoms with Crippen LogP contribution in [0, 0.1) is 0 Å². The summed E-state index contributed by atoms with van der Waals surface area (Å²) in [6, 6.07) is 14.7. The first-order valence-corrected chi connectivity index (χ1v) is 11.6. The van der Waals surface area contributed by atoms with E-state index in [9.17, 15) is 13.2 Å². The zero-order valence-electron chi connectivity index (χ0n) is 16.4. The summed E-state index contributed by atoms with van der Waals surface area (Å²) in [6.45, 7) is 1.32. The van der Waals surface area contributed by atoms with Crippen molar-refractivity contribution in [2.24, 2.45) is 0 Å². The van der Waals surface area contributed by atoms with Crippen LogP contribution < -0.4 is 4.74 Å². The van der Waals surface area contributed by atoms with Gasteiger partial charge < -0.3 is 9.64 Å². The summed E-state index contributed by atoms with van der Waals surface area (Å²) >= 11 is 0. The Bertz CT molecular complexity index is 968. The number of hydrogen-bond donors (Lipinski definition) is 0. The Hall–Kier alpha value is -2.38. The standard InChI is InChI=1S/C22H26N2O4S/c25-22(17-28-20-8-2-1-3-9-20)23-12-14-24(15-13-23)29(26,27)21-11-10-18-6-4-5-7-19(18)16-21/h1-3,8-11,16H,4-7,12-15,17H2. The molecule has 7 heteroatoms. The maximum atomic E-state index is 13.1. The van der Waals surface area contributed by atoms with Crippen molar-refractivity contribution in [3.8, 4) is 5.75 Å². The number of amides is 1. The third-order valence-corrected chi connectivity index (χ3v) is 7.55. The van der Waals surface area contributed by atoms with E-state index >= 15 is 0 Å². The van der Waals surface area contributed by atoms with Crippen molar-refractivity contribution in [2.45, 2.75) is 30.6 Å². The molecule has 6 nitrogen and oxygen atoms in total. The minimum Gasteiger partial charge on any atom is -0.484 e. The Morgan fingerprint density at radius 1 is 0.897 bits per heavy atom. The van der Waals surface area contributed by atoms with Crippen molar-refractivity contribution < 1.29 is 17.9 Å². The fraction of sp³-hybridized carbons (Fsp3) is 0.409. The molecule has 0 aromatic heterocycles. The van der Waals surface area contributed by atoms with E-state index in [2.05, 4.69) is 0 Å². The summed E-state index contributed by atoms with van der Waals surface area (Å²) < 4.78 is 33.1. The van der Waals surface area contributed by atoms with Crippen LogP contribution in [0.25, 0.3) is 0 Å². The van der Waals surface area contributed by atoms with Crippen molar-refractivity contribution in [1.29, 1.82) is 0 Å². The van der Waals surface area contributed by atoms with Gasteiger partial charge in [-0.05, 0) is 61.1 Å². The van der Waals surface area contributed by atoms with E-state index in [1.165, 1.54) is 16.3 Å². The van der Waals surface area contributed by atoms with Gasteiger partial charge in [-0.15, -0.1) is 0 Å². The Kier molecular flexibility index (Phi) is 5.87. The van der Waals surface area contributed by atoms with Crippen molar-refractivity contribution in [3.63, 3.8) is 0 Å². The molecule has 2 aliphatic rings. The average molecular weight is 415 g/mol. The zero-order chi connectivity index (χ0) is 20.3. The van der Waals surface area contributed by atoms with E-state index in [0.717, 1.165) is 24.8 Å². The summed E-state index contributed by atoms with van der Waals surface area (Å²) in [5.41, 5.74) is 2.42. The van der Waals surface area contributed by atoms with Gasteiger partial charge in [0.15, 0.2) is 6.61 Å². The van der Waals surface area contributed by atoms with Crippen molar-refractivity contribution >= 4 is 15.9 Å². The summed E-state index contributed by atoms with van der Waals surface area (Å²) in [7, 11) is -3.54. The maximum Gasteiger partial charge on any atom is 0.260 e. The molecule has 1 heterocycles. The molecule has 2 aromatic carbocycles. The summed E-state index contributed by atoms with van der Waals surface area (Å²) in [4.78, 5) is 14.4. The lowest BCUT2D eigenvalue weighted by molar-refractivity contribution is -0.134. The predicted molar refractivity (Wildman–Crippen MR) is 110 cm³/mol. The normalized spacial score (nSPS) is 17.6. The van der Waals surface area contributed by atoms with Gasteiger partial charge in [-0.2, -0.15) is 4.31 Å². The van der Waals surface area contributed by atoms with Crippen LogP contribution in [0.3, 0.4) is 0 Å². The smallest absolute Gasteiger partial charge is 0.260 e. The number of carbonyl (C=O) groups is 1. The fourth-order valence-corrected chi connectivity index (χ4v) is 5.42. The van der Waals surface area contributed by atoms with Crippen molar-refractivity contribution in [2.75, 3.05) is 32.8 Å². The lowest BCUT2D eigenvalue weighted by Gasteiger charge is -2.34. The fourth-order valence-electron chi connectivity index (χ4n) is 3.95. The van der Waals surface area contributed by atoms with E-state index < -0.39 is 10.0 Å². The van der Waals surface area contributed by atoms with Crippen LogP contribution in [0.15, 0.2) is 53.4 Å². The number of rotatable bonds is 5. The third kappa shape index (κ3) is 4.46. The first-order valence-electron chi connectivity index (χ1n) is 10.1. The number of carbonyl (C=O) groups excluding carboxylic acids is 1. The molecule has 0 unspecified atom stereocenters. The van der Waals surface area contributed by atoms with Crippen molar-refractivity contribution in [1.82, 2.24) is 9.21 Å². The summed E-state index contributed by atoms with van der Waals surface area (Å²) in [6.07, 6.45) is 4.26. The lowest BCUT2D eigenvalue weighted by atomic mass is 9.92. The SMILES string of the molecule is O=C(COc1ccccc1)N1CCN(S(=O)(=O)c2ccc3c(c2)CCCC3)CC1. The van der Waals surface area contributed by atoms with Gasteiger partial charge in [0.05, 0.1) is 4.90 Å². The molecular weight excluding hydrogens is 388 g/mol. The second-order valence-corrected chi connectivity index (χ2v) is 9.46. The third-order valence-electron chi connectivity index (χ3n) is 5.65. The topological polar surface area (TPSA) is 66.9 Å². The number of ether oxygens (including phenoxy) is 1. The molecule has 1 aliphatic carbocycles. The van der Waals surface area contributed by atoms with Crippen molar-refractivity contribution in [3.05, 3.63) is 59.7 Å². The number of piperazine rings is 1. The number of sulfonamides is 1. The molecule has 4 rings (SSSR count). The number of aryl methyl sites for hydroxylation is 2. The number of para-hydroxylation sites is 1. The van der Waals surface area contributed by atoms with Crippen LogP contribution in [0.2, 0.25) is 0 Å². The highest BCUT2D eigenvalue weighted by atomic mass is 32.2. The number of hydrogen-bond acceptors (Lipinski definition) is 4. The Morgan fingerprint density at radius 2 is 1.59 bits per heavy atom. The van der Waals surface area contributed by atoms with Crippen LogP contribution in [0.1, 0.15) is 24.0 Å². The molecule has 1 amide bonds. The molecule has 29 heavy (non-hydrogen) atoms. The van der Waals surface area contributed by atoms with Crippen LogP contribution in [-0.4, -0.2) is 56.3 Å². The molecule has 1 saturated heterocycles. The van der Waals surface area contributed by atoms with E-state index in [1.807, 2.05) is 30.3 Å². The van der Waals surface area contributed by atoms with E-state index in [-0.39, 0.29) is 12.5 Å². The van der Waals surface area contributed by atoms with Gasteiger partial charge in [-0.25, -0.2) is 8.42 Å². The number of benzene rings is 2. The van der Waals surface area contributed by atoms with Crippen LogP contribution in [0.4, 0.5) is 0 Å². The first-order chi connectivity index (χ1) is 14.0. The molecule has 2 aromatic rings. The minimum atomic E-state index is -3.54. The van der Waals surface area contributed by atoms with E-state index in [0.29, 0.717) is 36.8 Å². The van der Waals surface area contributed by atoms with E-state index in [4.69, 9.17) is 4.74 Å². The lowest BCUT2D eigenvalue weighted by Crippen LogP contribution is -2.51. The summed E-state index contributed by atoms with van der Waals surface area (Å²) in [5, 5.41) is 0.